The van der Waals surface area contributed by atoms with Crippen molar-refractivity contribution in [1.29, 1.82) is 0 Å². The Labute approximate surface area is 136 Å². The van der Waals surface area contributed by atoms with Crippen LogP contribution in [0.4, 0.5) is 0 Å². The predicted molar refractivity (Wildman–Crippen MR) is 89.9 cm³/mol. The van der Waals surface area contributed by atoms with E-state index in [9.17, 15) is 0 Å². The van der Waals surface area contributed by atoms with Crippen LogP contribution in [0.15, 0.2) is 22.7 Å². The van der Waals surface area contributed by atoms with Crippen LogP contribution in [0.1, 0.15) is 44.7 Å². The molecule has 1 heterocycles. The van der Waals surface area contributed by atoms with E-state index in [1.165, 1.54) is 12.0 Å². The second-order valence-corrected chi connectivity index (χ2v) is 6.44. The molecular formula is C17H26BrNO2. The Morgan fingerprint density at radius 1 is 1.43 bits per heavy atom. The fourth-order valence-electron chi connectivity index (χ4n) is 2.91. The van der Waals surface area contributed by atoms with Gasteiger partial charge in [0.25, 0.3) is 0 Å². The SMILES string of the molecule is CCCNC(c1cc(Br)ccc1OCC)C1CCCOC1. The highest BCUT2D eigenvalue weighted by Crippen LogP contribution is 2.36. The topological polar surface area (TPSA) is 30.5 Å². The predicted octanol–water partition coefficient (Wildman–Crippen LogP) is 4.32. The molecule has 0 aliphatic carbocycles. The molecule has 1 N–H and O–H groups in total. The molecule has 0 radical (unpaired) electrons. The molecule has 0 spiro atoms. The van der Waals surface area contributed by atoms with Gasteiger partial charge in [-0.25, -0.2) is 0 Å². The van der Waals surface area contributed by atoms with E-state index in [0.717, 1.165) is 42.8 Å². The van der Waals surface area contributed by atoms with Crippen LogP contribution in [0.3, 0.4) is 0 Å². The molecule has 2 unspecified atom stereocenters. The van der Waals surface area contributed by atoms with E-state index < -0.39 is 0 Å². The number of benzene rings is 1. The van der Waals surface area contributed by atoms with Gasteiger partial charge >= 0.3 is 0 Å². The molecule has 1 aromatic carbocycles. The summed E-state index contributed by atoms with van der Waals surface area (Å²) in [7, 11) is 0. The third-order valence-electron chi connectivity index (χ3n) is 3.89. The first-order chi connectivity index (χ1) is 10.3. The van der Waals surface area contributed by atoms with Crippen molar-refractivity contribution in [2.45, 2.75) is 39.2 Å². The number of rotatable bonds is 7. The molecular weight excluding hydrogens is 330 g/mol. The quantitative estimate of drug-likeness (QED) is 0.790. The Balaban J connectivity index is 2.27. The monoisotopic (exact) mass is 355 g/mol. The summed E-state index contributed by atoms with van der Waals surface area (Å²) in [5.41, 5.74) is 1.25. The van der Waals surface area contributed by atoms with E-state index in [-0.39, 0.29) is 0 Å². The van der Waals surface area contributed by atoms with Crippen molar-refractivity contribution in [2.75, 3.05) is 26.4 Å². The Kier molecular flexibility index (Phi) is 7.00. The maximum absolute atomic E-state index is 5.84. The maximum atomic E-state index is 5.84. The average Bonchev–Trinajstić information content (AvgIpc) is 2.51. The van der Waals surface area contributed by atoms with E-state index >= 15 is 0 Å². The van der Waals surface area contributed by atoms with Gasteiger partial charge in [0, 0.05) is 28.6 Å². The third kappa shape index (κ3) is 4.70. The highest BCUT2D eigenvalue weighted by atomic mass is 79.9. The molecule has 0 bridgehead atoms. The second-order valence-electron chi connectivity index (χ2n) is 5.52. The molecule has 1 saturated heterocycles. The van der Waals surface area contributed by atoms with E-state index in [0.29, 0.717) is 18.6 Å². The highest BCUT2D eigenvalue weighted by molar-refractivity contribution is 9.10. The third-order valence-corrected chi connectivity index (χ3v) is 4.38. The lowest BCUT2D eigenvalue weighted by Crippen LogP contribution is -2.34. The zero-order chi connectivity index (χ0) is 15.1. The molecule has 3 nitrogen and oxygen atoms in total. The molecule has 118 valence electrons. The van der Waals surface area contributed by atoms with Gasteiger partial charge in [0.1, 0.15) is 5.75 Å². The van der Waals surface area contributed by atoms with Gasteiger partial charge in [0.05, 0.1) is 13.2 Å². The van der Waals surface area contributed by atoms with Gasteiger partial charge in [0.2, 0.25) is 0 Å². The molecule has 1 fully saturated rings. The van der Waals surface area contributed by atoms with Crippen LogP contribution in [-0.2, 0) is 4.74 Å². The lowest BCUT2D eigenvalue weighted by atomic mass is 9.88. The Bertz CT molecular complexity index is 433. The minimum atomic E-state index is 0.296. The summed E-state index contributed by atoms with van der Waals surface area (Å²) in [6.45, 7) is 7.67. The first-order valence-corrected chi connectivity index (χ1v) is 8.79. The van der Waals surface area contributed by atoms with Crippen LogP contribution in [0.2, 0.25) is 0 Å². The molecule has 21 heavy (non-hydrogen) atoms. The van der Waals surface area contributed by atoms with Crippen molar-refractivity contribution in [1.82, 2.24) is 5.32 Å². The van der Waals surface area contributed by atoms with Crippen molar-refractivity contribution < 1.29 is 9.47 Å². The molecule has 1 aliphatic heterocycles. The molecule has 0 aromatic heterocycles. The van der Waals surface area contributed by atoms with Crippen molar-refractivity contribution in [2.24, 2.45) is 5.92 Å². The van der Waals surface area contributed by atoms with E-state index in [1.54, 1.807) is 0 Å². The molecule has 0 saturated carbocycles. The number of hydrogen-bond donors (Lipinski definition) is 1. The van der Waals surface area contributed by atoms with Gasteiger partial charge < -0.3 is 14.8 Å². The van der Waals surface area contributed by atoms with Crippen LogP contribution in [-0.4, -0.2) is 26.4 Å². The summed E-state index contributed by atoms with van der Waals surface area (Å²) in [6.07, 6.45) is 3.48. The van der Waals surface area contributed by atoms with Crippen LogP contribution >= 0.6 is 15.9 Å². The normalized spacial score (nSPS) is 20.2. The minimum Gasteiger partial charge on any atom is -0.494 e. The maximum Gasteiger partial charge on any atom is 0.124 e. The van der Waals surface area contributed by atoms with Gasteiger partial charge in [0.15, 0.2) is 0 Å². The highest BCUT2D eigenvalue weighted by Gasteiger charge is 2.27. The Morgan fingerprint density at radius 2 is 2.29 bits per heavy atom. The summed E-state index contributed by atoms with van der Waals surface area (Å²) in [5.74, 6) is 1.50. The first-order valence-electron chi connectivity index (χ1n) is 7.99. The van der Waals surface area contributed by atoms with Gasteiger partial charge in [-0.05, 0) is 50.9 Å². The summed E-state index contributed by atoms with van der Waals surface area (Å²) in [5, 5.41) is 3.70. The van der Waals surface area contributed by atoms with Gasteiger partial charge in [-0.2, -0.15) is 0 Å². The standard InChI is InChI=1S/C17H26BrNO2/c1-3-9-19-17(13-6-5-10-20-12-13)15-11-14(18)7-8-16(15)21-4-2/h7-8,11,13,17,19H,3-6,9-10,12H2,1-2H3. The van der Waals surface area contributed by atoms with Gasteiger partial charge in [-0.3, -0.25) is 0 Å². The number of nitrogens with one attached hydrogen (secondary N) is 1. The fraction of sp³-hybridized carbons (Fsp3) is 0.647. The average molecular weight is 356 g/mol. The molecule has 2 rings (SSSR count). The van der Waals surface area contributed by atoms with Crippen LogP contribution in [0, 0.1) is 5.92 Å². The first kappa shape index (κ1) is 16.8. The van der Waals surface area contributed by atoms with E-state index in [1.807, 2.05) is 13.0 Å². The summed E-state index contributed by atoms with van der Waals surface area (Å²) < 4.78 is 12.6. The largest absolute Gasteiger partial charge is 0.494 e. The van der Waals surface area contributed by atoms with Crippen LogP contribution in [0.5, 0.6) is 5.75 Å². The molecule has 0 amide bonds. The van der Waals surface area contributed by atoms with Crippen LogP contribution < -0.4 is 10.1 Å². The van der Waals surface area contributed by atoms with E-state index in [4.69, 9.17) is 9.47 Å². The van der Waals surface area contributed by atoms with Crippen molar-refractivity contribution in [3.05, 3.63) is 28.2 Å². The summed E-state index contributed by atoms with van der Waals surface area (Å²) in [4.78, 5) is 0. The number of hydrogen-bond acceptors (Lipinski definition) is 3. The summed E-state index contributed by atoms with van der Waals surface area (Å²) >= 11 is 3.59. The molecule has 1 aliphatic rings. The smallest absolute Gasteiger partial charge is 0.124 e. The lowest BCUT2D eigenvalue weighted by Gasteiger charge is -2.32. The van der Waals surface area contributed by atoms with Gasteiger partial charge in [-0.15, -0.1) is 0 Å². The number of halogens is 1. The van der Waals surface area contributed by atoms with Crippen molar-refractivity contribution in [3.63, 3.8) is 0 Å². The molecule has 4 heteroatoms. The van der Waals surface area contributed by atoms with Crippen molar-refractivity contribution >= 4 is 15.9 Å². The van der Waals surface area contributed by atoms with Crippen LogP contribution in [0.25, 0.3) is 0 Å². The Hall–Kier alpha value is -0.580. The zero-order valence-corrected chi connectivity index (χ0v) is 14.6. The van der Waals surface area contributed by atoms with Crippen molar-refractivity contribution in [3.8, 4) is 5.75 Å². The van der Waals surface area contributed by atoms with Gasteiger partial charge in [-0.1, -0.05) is 22.9 Å². The number of ether oxygens (including phenoxy) is 2. The molecule has 2 atom stereocenters. The minimum absolute atomic E-state index is 0.296. The Morgan fingerprint density at radius 3 is 2.95 bits per heavy atom. The van der Waals surface area contributed by atoms with E-state index in [2.05, 4.69) is 40.3 Å². The summed E-state index contributed by atoms with van der Waals surface area (Å²) in [6, 6.07) is 6.59. The second kappa shape index (κ2) is 8.76. The molecule has 1 aromatic rings. The lowest BCUT2D eigenvalue weighted by molar-refractivity contribution is 0.0386. The fourth-order valence-corrected chi connectivity index (χ4v) is 3.29. The zero-order valence-electron chi connectivity index (χ0n) is 13.0.